The van der Waals surface area contributed by atoms with Gasteiger partial charge in [0.2, 0.25) is 5.78 Å². The van der Waals surface area contributed by atoms with Gasteiger partial charge in [0, 0.05) is 43.9 Å². The second-order valence-corrected chi connectivity index (χ2v) is 15.2. The molecule has 0 saturated heterocycles. The number of thioether (sulfide) groups is 1. The highest BCUT2D eigenvalue weighted by Crippen LogP contribution is 2.66. The fourth-order valence-corrected chi connectivity index (χ4v) is 10.2. The van der Waals surface area contributed by atoms with Gasteiger partial charge in [-0.05, 0) is 80.0 Å². The van der Waals surface area contributed by atoms with E-state index in [-0.39, 0.29) is 47.9 Å². The number of pyridine rings is 1. The van der Waals surface area contributed by atoms with Crippen LogP contribution in [-0.2, 0) is 23.9 Å². The summed E-state index contributed by atoms with van der Waals surface area (Å²) < 4.78 is 10.9. The number of aromatic nitrogens is 1. The van der Waals surface area contributed by atoms with Crippen LogP contribution in [0.3, 0.4) is 0 Å². The second-order valence-electron chi connectivity index (χ2n) is 13.8. The summed E-state index contributed by atoms with van der Waals surface area (Å²) in [6.45, 7) is 3.31. The minimum Gasteiger partial charge on any atom is -0.497 e. The Balaban J connectivity index is 1.06. The summed E-state index contributed by atoms with van der Waals surface area (Å²) in [4.78, 5) is 58.3. The lowest BCUT2D eigenvalue weighted by molar-refractivity contribution is -0.172. The summed E-state index contributed by atoms with van der Waals surface area (Å²) in [6, 6.07) is 10.9. The van der Waals surface area contributed by atoms with Crippen LogP contribution < -0.4 is 4.74 Å². The van der Waals surface area contributed by atoms with Crippen LogP contribution in [0.25, 0.3) is 21.8 Å². The van der Waals surface area contributed by atoms with Crippen LogP contribution in [0.15, 0.2) is 65.1 Å². The predicted molar refractivity (Wildman–Crippen MR) is 179 cm³/mol. The van der Waals surface area contributed by atoms with Gasteiger partial charge in [-0.3, -0.25) is 19.2 Å². The second kappa shape index (κ2) is 11.6. The molecule has 0 aliphatic heterocycles. The Hall–Kier alpha value is -3.53. The quantitative estimate of drug-likeness (QED) is 0.171. The molecule has 1 aromatic heterocycles. The van der Waals surface area contributed by atoms with Crippen molar-refractivity contribution in [2.75, 3.05) is 19.5 Å². The van der Waals surface area contributed by atoms with Crippen LogP contribution in [0, 0.1) is 28.6 Å². The van der Waals surface area contributed by atoms with Crippen LogP contribution in [0.4, 0.5) is 0 Å². The number of nitrogens with zero attached hydrogens (tertiary/aromatic N) is 1. The molecule has 3 saturated carbocycles. The first kappa shape index (κ1) is 32.0. The lowest BCUT2D eigenvalue weighted by Crippen LogP contribution is -2.60. The lowest BCUT2D eigenvalue weighted by atomic mass is 9.46. The Kier molecular flexibility index (Phi) is 7.88. The number of ether oxygens (including phenoxy) is 2. The number of Topliss-reactive ketones (excluding diaryl/α,β-unsaturated/α-hetero) is 2. The van der Waals surface area contributed by atoms with Gasteiger partial charge in [0.25, 0.3) is 0 Å². The van der Waals surface area contributed by atoms with Crippen molar-refractivity contribution in [1.29, 1.82) is 0 Å². The number of methoxy groups -OCH3 is 1. The Morgan fingerprint density at radius 3 is 2.68 bits per heavy atom. The normalized spacial score (nSPS) is 31.3. The van der Waals surface area contributed by atoms with Crippen molar-refractivity contribution in [3.8, 4) is 5.75 Å². The summed E-state index contributed by atoms with van der Waals surface area (Å²) >= 11 is 7.51. The smallest absolute Gasteiger partial charge is 0.316 e. The van der Waals surface area contributed by atoms with Crippen LogP contribution in [0.1, 0.15) is 46.0 Å². The van der Waals surface area contributed by atoms with Crippen molar-refractivity contribution in [2.45, 2.75) is 56.4 Å². The molecule has 6 atom stereocenters. The maximum absolute atomic E-state index is 13.9. The van der Waals surface area contributed by atoms with Gasteiger partial charge >= 0.3 is 5.97 Å². The molecule has 8 nitrogen and oxygen atoms in total. The summed E-state index contributed by atoms with van der Waals surface area (Å²) in [5.41, 5.74) is -0.888. The van der Waals surface area contributed by atoms with Crippen molar-refractivity contribution < 1.29 is 33.8 Å². The van der Waals surface area contributed by atoms with E-state index in [9.17, 15) is 24.3 Å². The fraction of sp³-hybridized carbons (Fsp3) is 0.432. The SMILES string of the molecule is COc1ccc2nc3cc(Cl)ccc3c(SCC(=O)OCC(=O)C3(O)CCC4C5CCC6=CC(=O)C=CC6(C)C5C(=O)CC43C)c2c1. The molecular formula is C37H36ClNO7S. The minimum atomic E-state index is -1.78. The molecule has 1 N–H and O–H groups in total. The molecule has 244 valence electrons. The number of halogens is 1. The summed E-state index contributed by atoms with van der Waals surface area (Å²) in [7, 11) is 1.58. The van der Waals surface area contributed by atoms with E-state index in [0.717, 1.165) is 27.7 Å². The monoisotopic (exact) mass is 673 g/mol. The number of carbonyl (C=O) groups excluding carboxylic acids is 4. The molecule has 1 heterocycles. The number of carbonyl (C=O) groups is 4. The zero-order valence-corrected chi connectivity index (χ0v) is 28.1. The van der Waals surface area contributed by atoms with Gasteiger partial charge in [-0.25, -0.2) is 4.98 Å². The Morgan fingerprint density at radius 1 is 1.09 bits per heavy atom. The molecule has 0 radical (unpaired) electrons. The molecule has 4 aliphatic rings. The molecule has 4 aliphatic carbocycles. The molecule has 6 unspecified atom stereocenters. The third kappa shape index (κ3) is 5.04. The Labute approximate surface area is 281 Å². The predicted octanol–water partition coefficient (Wildman–Crippen LogP) is 6.47. The van der Waals surface area contributed by atoms with Gasteiger partial charge in [-0.1, -0.05) is 43.2 Å². The Bertz CT molecular complexity index is 1940. The molecule has 10 heteroatoms. The number of aliphatic hydroxyl groups is 1. The van der Waals surface area contributed by atoms with Gasteiger partial charge in [0.1, 0.15) is 17.1 Å². The van der Waals surface area contributed by atoms with Crippen molar-refractivity contribution >= 4 is 68.5 Å². The summed E-state index contributed by atoms with van der Waals surface area (Å²) in [6.07, 6.45) is 7.42. The maximum Gasteiger partial charge on any atom is 0.316 e. The van der Waals surface area contributed by atoms with Crippen LogP contribution in [0.2, 0.25) is 5.02 Å². The van der Waals surface area contributed by atoms with Gasteiger partial charge in [0.15, 0.2) is 12.4 Å². The third-order valence-electron chi connectivity index (χ3n) is 11.5. The van der Waals surface area contributed by atoms with E-state index in [1.54, 1.807) is 31.4 Å². The first-order chi connectivity index (χ1) is 22.4. The van der Waals surface area contributed by atoms with Crippen LogP contribution >= 0.6 is 23.4 Å². The molecule has 47 heavy (non-hydrogen) atoms. The number of allylic oxidation sites excluding steroid dienone is 4. The maximum atomic E-state index is 13.9. The number of hydrogen-bond donors (Lipinski definition) is 1. The van der Waals surface area contributed by atoms with Crippen molar-refractivity contribution in [3.63, 3.8) is 0 Å². The number of ketones is 3. The topological polar surface area (TPSA) is 120 Å². The van der Waals surface area contributed by atoms with E-state index in [2.05, 4.69) is 0 Å². The van der Waals surface area contributed by atoms with Crippen LogP contribution in [0.5, 0.6) is 5.75 Å². The van der Waals surface area contributed by atoms with Crippen molar-refractivity contribution in [2.24, 2.45) is 28.6 Å². The lowest BCUT2D eigenvalue weighted by Gasteiger charge is -2.56. The molecule has 0 spiro atoms. The van der Waals surface area contributed by atoms with Crippen LogP contribution in [-0.4, -0.2) is 58.5 Å². The molecule has 3 fully saturated rings. The highest BCUT2D eigenvalue weighted by molar-refractivity contribution is 8.00. The van der Waals surface area contributed by atoms with E-state index in [1.165, 1.54) is 11.8 Å². The molecule has 3 aromatic rings. The Morgan fingerprint density at radius 2 is 1.89 bits per heavy atom. The van der Waals surface area contributed by atoms with Gasteiger partial charge in [0.05, 0.1) is 23.9 Å². The average Bonchev–Trinajstić information content (AvgIpc) is 3.32. The molecule has 7 rings (SSSR count). The van der Waals surface area contributed by atoms with E-state index >= 15 is 0 Å². The minimum absolute atomic E-state index is 0.0112. The number of benzene rings is 2. The first-order valence-electron chi connectivity index (χ1n) is 16.0. The van der Waals surface area contributed by atoms with E-state index in [0.29, 0.717) is 34.6 Å². The average molecular weight is 674 g/mol. The highest BCUT2D eigenvalue weighted by atomic mass is 35.5. The largest absolute Gasteiger partial charge is 0.497 e. The van der Waals surface area contributed by atoms with E-state index < -0.39 is 34.8 Å². The number of fused-ring (bicyclic) bond motifs is 7. The summed E-state index contributed by atoms with van der Waals surface area (Å²) in [5, 5.41) is 14.2. The zero-order chi connectivity index (χ0) is 33.3. The fourth-order valence-electron chi connectivity index (χ4n) is 9.07. The highest BCUT2D eigenvalue weighted by Gasteiger charge is 2.68. The standard InChI is InChI=1S/C37H36ClNO7S/c1-35-12-10-22(40)14-20(35)4-7-24-27-11-13-37(44,36(27,2)17-30(41)33(24)35)31(42)18-46-32(43)19-47-34-25-8-5-21(38)15-29(25)39-28-9-6-23(45-3)16-26(28)34/h5-6,8-10,12,14-16,24,27,33,44H,4,7,11,13,17-19H2,1-3H3. The van der Waals surface area contributed by atoms with Gasteiger partial charge in [-0.2, -0.15) is 0 Å². The zero-order valence-electron chi connectivity index (χ0n) is 26.5. The summed E-state index contributed by atoms with van der Waals surface area (Å²) in [5.74, 6) is -0.995. The number of hydrogen-bond acceptors (Lipinski definition) is 9. The van der Waals surface area contributed by atoms with E-state index in [1.807, 2.05) is 44.2 Å². The van der Waals surface area contributed by atoms with Crippen molar-refractivity contribution in [3.05, 3.63) is 65.2 Å². The first-order valence-corrected chi connectivity index (χ1v) is 17.3. The third-order valence-corrected chi connectivity index (χ3v) is 12.8. The van der Waals surface area contributed by atoms with Gasteiger partial charge in [-0.15, -0.1) is 11.8 Å². The van der Waals surface area contributed by atoms with Gasteiger partial charge < -0.3 is 14.6 Å². The molecule has 0 amide bonds. The molecule has 2 aromatic carbocycles. The van der Waals surface area contributed by atoms with E-state index in [4.69, 9.17) is 26.1 Å². The molecule has 0 bridgehead atoms. The molecular weight excluding hydrogens is 638 g/mol. The number of esters is 1. The van der Waals surface area contributed by atoms with Crippen molar-refractivity contribution in [1.82, 2.24) is 4.98 Å². The number of rotatable bonds is 7.